The molecule has 7 nitrogen and oxygen atoms in total. The number of hydrogen-bond donors (Lipinski definition) is 2. The van der Waals surface area contributed by atoms with E-state index >= 15 is 0 Å². The molecule has 2 heterocycles. The Morgan fingerprint density at radius 3 is 2.62 bits per heavy atom. The minimum Gasteiger partial charge on any atom is -0.480 e. The average molecular weight is 396 g/mol. The maximum atomic E-state index is 12.5. The topological polar surface area (TPSA) is 103 Å². The highest BCUT2D eigenvalue weighted by Gasteiger charge is 2.35. The highest BCUT2D eigenvalue weighted by atomic mass is 35.5. The first-order valence-corrected chi connectivity index (χ1v) is 8.69. The summed E-state index contributed by atoms with van der Waals surface area (Å²) in [6, 6.07) is 4.15. The summed E-state index contributed by atoms with van der Waals surface area (Å²) < 4.78 is 0. The predicted octanol–water partition coefficient (Wildman–Crippen LogP) is 2.36. The van der Waals surface area contributed by atoms with Gasteiger partial charge < -0.3 is 15.0 Å². The Hall–Kier alpha value is -2.38. The first-order chi connectivity index (χ1) is 12.4. The van der Waals surface area contributed by atoms with Crippen LogP contribution in [0.3, 0.4) is 0 Å². The molecule has 1 aromatic carbocycles. The lowest BCUT2D eigenvalue weighted by Crippen LogP contribution is -2.42. The molecule has 2 N–H and O–H groups in total. The molecular weight excluding hydrogens is 381 g/mol. The zero-order valence-corrected chi connectivity index (χ0v) is 15.0. The maximum absolute atomic E-state index is 12.5. The molecule has 0 bridgehead atoms. The molecule has 0 aliphatic carbocycles. The van der Waals surface area contributed by atoms with Gasteiger partial charge >= 0.3 is 5.97 Å². The smallest absolute Gasteiger partial charge is 0.326 e. The summed E-state index contributed by atoms with van der Waals surface area (Å²) >= 11 is 12.2. The van der Waals surface area contributed by atoms with Gasteiger partial charge in [-0.25, -0.2) is 9.78 Å². The van der Waals surface area contributed by atoms with Crippen molar-refractivity contribution in [3.63, 3.8) is 0 Å². The quantitative estimate of drug-likeness (QED) is 0.826. The Morgan fingerprint density at radius 1 is 1.31 bits per heavy atom. The van der Waals surface area contributed by atoms with Gasteiger partial charge in [0.05, 0.1) is 0 Å². The van der Waals surface area contributed by atoms with Gasteiger partial charge in [-0.2, -0.15) is 0 Å². The number of nitrogens with zero attached hydrogens (tertiary/aromatic N) is 2. The number of carbonyl (C=O) groups excluding carboxylic acids is 1. The van der Waals surface area contributed by atoms with Crippen LogP contribution < -0.4 is 5.56 Å². The van der Waals surface area contributed by atoms with Crippen molar-refractivity contribution < 1.29 is 14.7 Å². The Labute approximate surface area is 158 Å². The minimum absolute atomic E-state index is 0.188. The monoisotopic (exact) mass is 395 g/mol. The number of carboxylic acids is 1. The highest BCUT2D eigenvalue weighted by molar-refractivity contribution is 6.36. The van der Waals surface area contributed by atoms with Crippen molar-refractivity contribution in [2.45, 2.75) is 25.3 Å². The van der Waals surface area contributed by atoms with E-state index in [9.17, 15) is 19.5 Å². The molecule has 1 fully saturated rings. The number of halogens is 2. The molecule has 3 rings (SSSR count). The molecule has 9 heteroatoms. The number of rotatable bonds is 4. The number of aliphatic carboxylic acids is 1. The van der Waals surface area contributed by atoms with Crippen molar-refractivity contribution in [3.05, 3.63) is 61.7 Å². The van der Waals surface area contributed by atoms with Crippen molar-refractivity contribution in [1.82, 2.24) is 14.9 Å². The molecule has 0 radical (unpaired) electrons. The van der Waals surface area contributed by atoms with Crippen LogP contribution in [0.15, 0.2) is 29.2 Å². The van der Waals surface area contributed by atoms with Crippen LogP contribution in [0.4, 0.5) is 0 Å². The Balaban J connectivity index is 1.85. The van der Waals surface area contributed by atoms with E-state index in [1.807, 2.05) is 0 Å². The number of H-pyrrole nitrogens is 1. The molecule has 0 saturated carbocycles. The van der Waals surface area contributed by atoms with E-state index in [1.54, 1.807) is 18.2 Å². The molecule has 1 saturated heterocycles. The fourth-order valence-corrected chi connectivity index (χ4v) is 3.49. The van der Waals surface area contributed by atoms with Gasteiger partial charge in [0.2, 0.25) is 0 Å². The van der Waals surface area contributed by atoms with Gasteiger partial charge in [0, 0.05) is 29.2 Å². The van der Waals surface area contributed by atoms with Crippen LogP contribution in [0.1, 0.15) is 34.6 Å². The second kappa shape index (κ2) is 7.47. The number of carboxylic acid groups (broad SMARTS) is 1. The van der Waals surface area contributed by atoms with Gasteiger partial charge in [-0.3, -0.25) is 9.59 Å². The summed E-state index contributed by atoms with van der Waals surface area (Å²) in [4.78, 5) is 43.9. The van der Waals surface area contributed by atoms with E-state index in [0.29, 0.717) is 40.8 Å². The molecule has 1 atom stereocenters. The van der Waals surface area contributed by atoms with Gasteiger partial charge in [-0.15, -0.1) is 0 Å². The number of carbonyl (C=O) groups is 2. The molecule has 26 heavy (non-hydrogen) atoms. The van der Waals surface area contributed by atoms with Gasteiger partial charge in [-0.05, 0) is 30.5 Å². The van der Waals surface area contributed by atoms with Gasteiger partial charge in [-0.1, -0.05) is 29.3 Å². The SMILES string of the molecule is O=C(O)[C@@H]1CCCN1C(=O)c1cnc(Cc2c(Cl)cccc2Cl)[nH]c1=O. The second-order valence-electron chi connectivity index (χ2n) is 5.94. The van der Waals surface area contributed by atoms with Crippen LogP contribution in [0, 0.1) is 0 Å². The number of hydrogen-bond acceptors (Lipinski definition) is 4. The van der Waals surface area contributed by atoms with E-state index in [2.05, 4.69) is 9.97 Å². The first kappa shape index (κ1) is 18.4. The highest BCUT2D eigenvalue weighted by Crippen LogP contribution is 2.26. The first-order valence-electron chi connectivity index (χ1n) is 7.93. The summed E-state index contributed by atoms with van der Waals surface area (Å²) in [5.74, 6) is -1.41. The van der Waals surface area contributed by atoms with Crippen LogP contribution >= 0.6 is 23.2 Å². The summed E-state index contributed by atoms with van der Waals surface area (Å²) in [7, 11) is 0. The fourth-order valence-electron chi connectivity index (χ4n) is 2.96. The maximum Gasteiger partial charge on any atom is 0.326 e. The van der Waals surface area contributed by atoms with Crippen LogP contribution in [0.5, 0.6) is 0 Å². The van der Waals surface area contributed by atoms with Crippen molar-refractivity contribution in [2.24, 2.45) is 0 Å². The number of aromatic nitrogens is 2. The zero-order chi connectivity index (χ0) is 18.8. The lowest BCUT2D eigenvalue weighted by Gasteiger charge is -2.20. The van der Waals surface area contributed by atoms with E-state index in [-0.39, 0.29) is 12.0 Å². The Kier molecular flexibility index (Phi) is 5.29. The molecule has 0 unspecified atom stereocenters. The summed E-state index contributed by atoms with van der Waals surface area (Å²) in [5.41, 5.74) is -0.199. The largest absolute Gasteiger partial charge is 0.480 e. The molecule has 2 aromatic rings. The van der Waals surface area contributed by atoms with E-state index in [0.717, 1.165) is 0 Å². The lowest BCUT2D eigenvalue weighted by atomic mass is 10.1. The number of nitrogens with one attached hydrogen (secondary N) is 1. The predicted molar refractivity (Wildman–Crippen MR) is 95.8 cm³/mol. The third-order valence-corrected chi connectivity index (χ3v) is 5.00. The van der Waals surface area contributed by atoms with Crippen molar-refractivity contribution in [3.8, 4) is 0 Å². The lowest BCUT2D eigenvalue weighted by molar-refractivity contribution is -0.141. The number of aromatic amines is 1. The summed E-state index contributed by atoms with van der Waals surface area (Å²) in [6.07, 6.45) is 2.31. The van der Waals surface area contributed by atoms with E-state index < -0.39 is 23.5 Å². The Morgan fingerprint density at radius 2 is 2.00 bits per heavy atom. The van der Waals surface area contributed by atoms with Crippen LogP contribution in [-0.2, 0) is 11.2 Å². The number of likely N-dealkylation sites (tertiary alicyclic amines) is 1. The van der Waals surface area contributed by atoms with Crippen LogP contribution in [0.2, 0.25) is 10.0 Å². The van der Waals surface area contributed by atoms with E-state index in [4.69, 9.17) is 23.2 Å². The third-order valence-electron chi connectivity index (χ3n) is 4.29. The van der Waals surface area contributed by atoms with Crippen LogP contribution in [0.25, 0.3) is 0 Å². The summed E-state index contributed by atoms with van der Waals surface area (Å²) in [6.45, 7) is 0.298. The zero-order valence-electron chi connectivity index (χ0n) is 13.5. The van der Waals surface area contributed by atoms with Crippen molar-refractivity contribution >= 4 is 35.1 Å². The number of benzene rings is 1. The number of amides is 1. The third kappa shape index (κ3) is 3.59. The molecule has 1 aliphatic heterocycles. The fraction of sp³-hybridized carbons (Fsp3) is 0.294. The second-order valence-corrected chi connectivity index (χ2v) is 6.76. The summed E-state index contributed by atoms with van der Waals surface area (Å²) in [5, 5.41) is 10.1. The van der Waals surface area contributed by atoms with Crippen LogP contribution in [-0.4, -0.2) is 44.4 Å². The van der Waals surface area contributed by atoms with Gasteiger partial charge in [0.1, 0.15) is 17.4 Å². The Bertz CT molecular complexity index is 908. The van der Waals surface area contributed by atoms with Gasteiger partial charge in [0.25, 0.3) is 11.5 Å². The average Bonchev–Trinajstić information content (AvgIpc) is 3.08. The molecule has 1 aliphatic rings. The molecule has 1 amide bonds. The van der Waals surface area contributed by atoms with Crippen molar-refractivity contribution in [2.75, 3.05) is 6.54 Å². The standard InChI is InChI=1S/C17H15Cl2N3O4/c18-11-3-1-4-12(19)9(11)7-14-20-8-10(15(23)21-14)16(24)22-6-2-5-13(22)17(25)26/h1,3-4,8,13H,2,5-7H2,(H,25,26)(H,20,21,23)/t13-/m0/s1. The molecule has 1 aromatic heterocycles. The molecular formula is C17H15Cl2N3O4. The minimum atomic E-state index is -1.08. The molecule has 0 spiro atoms. The normalized spacial score (nSPS) is 16.7. The van der Waals surface area contributed by atoms with E-state index in [1.165, 1.54) is 11.1 Å². The van der Waals surface area contributed by atoms with Crippen molar-refractivity contribution in [1.29, 1.82) is 0 Å². The van der Waals surface area contributed by atoms with Gasteiger partial charge in [0.15, 0.2) is 0 Å². The molecule has 136 valence electrons.